The Kier molecular flexibility index (Phi) is 0.737. The van der Waals surface area contributed by atoms with Gasteiger partial charge in [0.05, 0.1) is 0 Å². The Morgan fingerprint density at radius 3 is 2.60 bits per heavy atom. The summed E-state index contributed by atoms with van der Waals surface area (Å²) >= 11 is 0. The fourth-order valence-electron chi connectivity index (χ4n) is 0.321. The van der Waals surface area contributed by atoms with Gasteiger partial charge in [-0.25, -0.2) is 0 Å². The van der Waals surface area contributed by atoms with Crippen molar-refractivity contribution in [1.82, 2.24) is 0 Å². The van der Waals surface area contributed by atoms with Gasteiger partial charge in [0.15, 0.2) is 0 Å². The maximum atomic E-state index is 2.00. The van der Waals surface area contributed by atoms with Crippen LogP contribution in [0.3, 0.4) is 0 Å². The quantitative estimate of drug-likeness (QED) is 0.335. The molecule has 0 aromatic carbocycles. The Hall–Kier alpha value is -0.260. The first kappa shape index (κ1) is 2.95. The molecule has 1 radical (unpaired) electrons. The second-order valence-corrected chi connectivity index (χ2v) is 0.962. The van der Waals surface area contributed by atoms with E-state index in [1.165, 1.54) is 0 Å². The molecule has 0 saturated heterocycles. The zero-order valence-corrected chi connectivity index (χ0v) is 2.89. The number of hydrogen-bond acceptors (Lipinski definition) is 0. The van der Waals surface area contributed by atoms with Crippen molar-refractivity contribution >= 4 is 19.9 Å². The van der Waals surface area contributed by atoms with Crippen LogP contribution in [0.15, 0.2) is 12.1 Å². The zero-order chi connectivity index (χ0) is 3.54. The van der Waals surface area contributed by atoms with Crippen LogP contribution in [-0.2, 0) is 0 Å². The SMILES string of the molecule is [B]1B=CC=C1. The summed E-state index contributed by atoms with van der Waals surface area (Å²) in [7, 11) is 2.00. The van der Waals surface area contributed by atoms with Crippen LogP contribution in [0.2, 0.25) is 0 Å². The first-order valence-corrected chi connectivity index (χ1v) is 1.67. The first-order valence-electron chi connectivity index (χ1n) is 1.67. The summed E-state index contributed by atoms with van der Waals surface area (Å²) in [5.41, 5.74) is 0. The molecule has 1 rings (SSSR count). The van der Waals surface area contributed by atoms with Gasteiger partial charge in [0.2, 0.25) is 0 Å². The Morgan fingerprint density at radius 1 is 1.40 bits per heavy atom. The average Bonchev–Trinajstić information content (AvgIpc) is 1.76. The second kappa shape index (κ2) is 1.25. The van der Waals surface area contributed by atoms with Gasteiger partial charge in [-0.15, -0.1) is 0 Å². The molecule has 0 saturated carbocycles. The van der Waals surface area contributed by atoms with Gasteiger partial charge in [-0.05, 0) is 0 Å². The summed E-state index contributed by atoms with van der Waals surface area (Å²) in [6.07, 6.45) is 2.00. The van der Waals surface area contributed by atoms with Crippen molar-refractivity contribution in [3.63, 3.8) is 0 Å². The van der Waals surface area contributed by atoms with E-state index >= 15 is 0 Å². The van der Waals surface area contributed by atoms with E-state index < -0.39 is 0 Å². The van der Waals surface area contributed by atoms with E-state index in [1.54, 1.807) is 0 Å². The fourth-order valence-corrected chi connectivity index (χ4v) is 0.321. The third kappa shape index (κ3) is 0.504. The van der Waals surface area contributed by atoms with Crippen LogP contribution in [0, 0.1) is 0 Å². The summed E-state index contributed by atoms with van der Waals surface area (Å²) < 4.78 is 0. The zero-order valence-electron chi connectivity index (χ0n) is 2.89. The Bertz CT molecular complexity index is 63.0. The molecule has 2 heteroatoms. The van der Waals surface area contributed by atoms with Crippen molar-refractivity contribution < 1.29 is 0 Å². The number of hydrogen-bond donors (Lipinski definition) is 0. The van der Waals surface area contributed by atoms with Crippen molar-refractivity contribution in [2.75, 3.05) is 0 Å². The molecule has 0 aromatic rings. The molecule has 1 heterocycles. The third-order valence-electron chi connectivity index (χ3n) is 0.556. The Morgan fingerprint density at radius 2 is 2.40 bits per heavy atom. The van der Waals surface area contributed by atoms with Gasteiger partial charge in [-0.3, -0.25) is 0 Å². The topological polar surface area (TPSA) is 0 Å². The molecule has 0 unspecified atom stereocenters. The van der Waals surface area contributed by atoms with E-state index in [4.69, 9.17) is 0 Å². The molecule has 1 aliphatic rings. The molecule has 0 aliphatic carbocycles. The summed E-state index contributed by atoms with van der Waals surface area (Å²) in [6.45, 7) is 2.00. The van der Waals surface area contributed by atoms with E-state index in [1.807, 2.05) is 32.0 Å². The normalized spacial score (nSPS) is 14.4. The fraction of sp³-hybridized carbons (Fsp3) is 0. The van der Waals surface area contributed by atoms with Crippen molar-refractivity contribution in [3.05, 3.63) is 12.1 Å². The van der Waals surface area contributed by atoms with Gasteiger partial charge in [-0.1, -0.05) is 0 Å². The van der Waals surface area contributed by atoms with Crippen LogP contribution in [0.1, 0.15) is 0 Å². The maximum absolute atomic E-state index is 2.00. The van der Waals surface area contributed by atoms with Gasteiger partial charge >= 0.3 is 32.0 Å². The molecule has 0 amide bonds. The molecule has 5 heavy (non-hydrogen) atoms. The molecular formula is C3H3B2. The molecule has 0 atom stereocenters. The second-order valence-electron chi connectivity index (χ2n) is 0.962. The van der Waals surface area contributed by atoms with Crippen LogP contribution in [0.5, 0.6) is 0 Å². The molecule has 0 nitrogen and oxygen atoms in total. The van der Waals surface area contributed by atoms with Gasteiger partial charge in [0, 0.05) is 0 Å². The van der Waals surface area contributed by atoms with Crippen LogP contribution < -0.4 is 0 Å². The van der Waals surface area contributed by atoms with Crippen molar-refractivity contribution in [2.24, 2.45) is 0 Å². The minimum absolute atomic E-state index is 2.00. The number of rotatable bonds is 0. The van der Waals surface area contributed by atoms with Crippen molar-refractivity contribution in [3.8, 4) is 0 Å². The average molecular weight is 60.7 g/mol. The summed E-state index contributed by atoms with van der Waals surface area (Å²) in [5, 5.41) is 0. The van der Waals surface area contributed by atoms with E-state index in [9.17, 15) is 0 Å². The van der Waals surface area contributed by atoms with E-state index in [0.717, 1.165) is 0 Å². The summed E-state index contributed by atoms with van der Waals surface area (Å²) in [5.74, 6) is 4.00. The summed E-state index contributed by atoms with van der Waals surface area (Å²) in [4.78, 5) is 0. The van der Waals surface area contributed by atoms with Crippen LogP contribution in [0.4, 0.5) is 0 Å². The van der Waals surface area contributed by atoms with E-state index in [2.05, 4.69) is 0 Å². The first-order chi connectivity index (χ1) is 2.50. The van der Waals surface area contributed by atoms with Gasteiger partial charge in [-0.2, -0.15) is 0 Å². The van der Waals surface area contributed by atoms with Crippen LogP contribution in [-0.4, -0.2) is 19.9 Å². The van der Waals surface area contributed by atoms with Gasteiger partial charge in [0.25, 0.3) is 0 Å². The van der Waals surface area contributed by atoms with Crippen LogP contribution >= 0.6 is 0 Å². The third-order valence-corrected chi connectivity index (χ3v) is 0.556. The predicted octanol–water partition coefficient (Wildman–Crippen LogP) is -0.361. The Balaban J connectivity index is 2.61. The van der Waals surface area contributed by atoms with E-state index in [0.29, 0.717) is 0 Å². The molecular weight excluding hydrogens is 57.7 g/mol. The standard InChI is InChI=1S/C3H3B2/c1-2-4-5-3-1/h1-3H. The van der Waals surface area contributed by atoms with Crippen molar-refractivity contribution in [2.45, 2.75) is 0 Å². The van der Waals surface area contributed by atoms with Crippen LogP contribution in [0.25, 0.3) is 0 Å². The molecule has 1 aliphatic heterocycles. The molecule has 21 valence electrons. The molecule has 0 fully saturated rings. The summed E-state index contributed by atoms with van der Waals surface area (Å²) in [6, 6.07) is 0. The number of allylic oxidation sites excluding steroid dienone is 1. The van der Waals surface area contributed by atoms with E-state index in [-0.39, 0.29) is 0 Å². The van der Waals surface area contributed by atoms with Crippen molar-refractivity contribution in [1.29, 1.82) is 0 Å². The molecule has 0 spiro atoms. The monoisotopic (exact) mass is 61.0 g/mol. The minimum atomic E-state index is 2.00. The predicted molar refractivity (Wildman–Crippen MR) is 26.7 cm³/mol. The molecule has 0 bridgehead atoms. The molecule has 0 aromatic heterocycles. The van der Waals surface area contributed by atoms with Gasteiger partial charge in [0.1, 0.15) is 0 Å². The van der Waals surface area contributed by atoms with Gasteiger partial charge < -0.3 is 0 Å². The molecule has 0 N–H and O–H groups in total. The Labute approximate surface area is 33.0 Å².